The number of thiophene rings is 1. The smallest absolute Gasteiger partial charge is 0.162 e. The molecule has 2 aliphatic rings. The van der Waals surface area contributed by atoms with Crippen molar-refractivity contribution in [2.24, 2.45) is 11.1 Å². The number of hydrogen-bond donors (Lipinski definition) is 1. The third kappa shape index (κ3) is 3.26. The zero-order valence-electron chi connectivity index (χ0n) is 18.2. The lowest BCUT2D eigenvalue weighted by molar-refractivity contribution is -0.118. The van der Waals surface area contributed by atoms with Crippen molar-refractivity contribution in [1.82, 2.24) is 0 Å². The van der Waals surface area contributed by atoms with Gasteiger partial charge in [-0.05, 0) is 61.9 Å². The van der Waals surface area contributed by atoms with Crippen LogP contribution in [0.25, 0.3) is 0 Å². The summed E-state index contributed by atoms with van der Waals surface area (Å²) >= 11 is 1.70. The van der Waals surface area contributed by atoms with Gasteiger partial charge in [-0.15, -0.1) is 11.3 Å². The summed E-state index contributed by atoms with van der Waals surface area (Å²) in [5.41, 5.74) is 11.7. The summed E-state index contributed by atoms with van der Waals surface area (Å²) in [5, 5.41) is 10.1. The zero-order chi connectivity index (χ0) is 21.8. The second-order valence-corrected chi connectivity index (χ2v) is 10.6. The van der Waals surface area contributed by atoms with E-state index >= 15 is 0 Å². The van der Waals surface area contributed by atoms with Gasteiger partial charge in [0.1, 0.15) is 5.82 Å². The van der Waals surface area contributed by atoms with Gasteiger partial charge < -0.3 is 5.73 Å². The highest BCUT2D eigenvalue weighted by Crippen LogP contribution is 2.51. The van der Waals surface area contributed by atoms with Gasteiger partial charge in [-0.1, -0.05) is 26.0 Å². The zero-order valence-corrected chi connectivity index (χ0v) is 19.0. The molecule has 1 aliphatic heterocycles. The molecule has 1 aliphatic carbocycles. The molecule has 0 saturated heterocycles. The molecule has 5 heteroatoms. The first-order chi connectivity index (χ1) is 14.1. The van der Waals surface area contributed by atoms with E-state index in [2.05, 4.69) is 45.9 Å². The van der Waals surface area contributed by atoms with Gasteiger partial charge in [-0.3, -0.25) is 9.69 Å². The first-order valence-electron chi connectivity index (χ1n) is 10.2. The van der Waals surface area contributed by atoms with Crippen molar-refractivity contribution in [1.29, 1.82) is 5.26 Å². The van der Waals surface area contributed by atoms with Gasteiger partial charge in [-0.2, -0.15) is 5.26 Å². The molecule has 0 saturated carbocycles. The van der Waals surface area contributed by atoms with Gasteiger partial charge in [0.15, 0.2) is 5.78 Å². The Bertz CT molecular complexity index is 1160. The molecule has 4 rings (SSSR count). The SMILES string of the molecule is Cc1cccc(N2C(N)=C(C#N)[C@@H](c3cc(C)sc3C)C3=C2CC(C)(C)CC3=O)c1. The lowest BCUT2D eigenvalue weighted by Crippen LogP contribution is -2.42. The van der Waals surface area contributed by atoms with Crippen molar-refractivity contribution >= 4 is 22.8 Å². The Morgan fingerprint density at radius 2 is 1.93 bits per heavy atom. The molecule has 0 spiro atoms. The van der Waals surface area contributed by atoms with Gasteiger partial charge in [0.25, 0.3) is 0 Å². The minimum Gasteiger partial charge on any atom is -0.384 e. The number of aryl methyl sites for hydroxylation is 3. The largest absolute Gasteiger partial charge is 0.384 e. The highest BCUT2D eigenvalue weighted by Gasteiger charge is 2.45. The second kappa shape index (κ2) is 7.14. The molecular weight excluding hydrogens is 390 g/mol. The molecule has 0 radical (unpaired) electrons. The second-order valence-electron chi connectivity index (χ2n) is 9.19. The normalized spacial score (nSPS) is 21.0. The maximum absolute atomic E-state index is 13.5. The van der Waals surface area contributed by atoms with E-state index in [1.54, 1.807) is 11.3 Å². The van der Waals surface area contributed by atoms with Gasteiger partial charge in [0.2, 0.25) is 0 Å². The van der Waals surface area contributed by atoms with Crippen LogP contribution < -0.4 is 10.6 Å². The van der Waals surface area contributed by atoms with Crippen molar-refractivity contribution in [3.8, 4) is 6.07 Å². The molecule has 0 unspecified atom stereocenters. The van der Waals surface area contributed by atoms with Gasteiger partial charge >= 0.3 is 0 Å². The predicted octanol–water partition coefficient (Wildman–Crippen LogP) is 5.61. The Morgan fingerprint density at radius 3 is 2.53 bits per heavy atom. The summed E-state index contributed by atoms with van der Waals surface area (Å²) in [5.74, 6) is 0.160. The standard InChI is InChI=1S/C25H27N3OS/c1-14-7-6-8-17(9-14)28-20-11-25(4,5)12-21(29)23(20)22(19(13-26)24(28)27)18-10-15(2)30-16(18)3/h6-10,22H,11-12,27H2,1-5H3/t22-/m1/s1. The van der Waals surface area contributed by atoms with E-state index in [9.17, 15) is 10.1 Å². The van der Waals surface area contributed by atoms with Crippen LogP contribution in [0.15, 0.2) is 53.0 Å². The molecule has 154 valence electrons. The number of anilines is 1. The van der Waals surface area contributed by atoms with Crippen LogP contribution in [0.2, 0.25) is 0 Å². The fourth-order valence-corrected chi connectivity index (χ4v) is 5.78. The highest BCUT2D eigenvalue weighted by molar-refractivity contribution is 7.12. The van der Waals surface area contributed by atoms with Crippen LogP contribution in [-0.4, -0.2) is 5.78 Å². The minimum absolute atomic E-state index is 0.118. The predicted molar refractivity (Wildman–Crippen MR) is 122 cm³/mol. The Kier molecular flexibility index (Phi) is 4.86. The van der Waals surface area contributed by atoms with E-state index in [1.807, 2.05) is 30.0 Å². The van der Waals surface area contributed by atoms with E-state index in [0.29, 0.717) is 17.8 Å². The van der Waals surface area contributed by atoms with Crippen LogP contribution >= 0.6 is 11.3 Å². The lowest BCUT2D eigenvalue weighted by Gasteiger charge is -2.43. The average molecular weight is 418 g/mol. The van der Waals surface area contributed by atoms with Gasteiger partial charge in [0.05, 0.1) is 17.6 Å². The molecule has 2 heterocycles. The summed E-state index contributed by atoms with van der Waals surface area (Å²) in [6, 6.07) is 12.5. The molecule has 30 heavy (non-hydrogen) atoms. The topological polar surface area (TPSA) is 70.1 Å². The van der Waals surface area contributed by atoms with Crippen LogP contribution in [0.1, 0.15) is 53.5 Å². The molecule has 0 amide bonds. The fourth-order valence-electron chi connectivity index (χ4n) is 4.82. The van der Waals surface area contributed by atoms with E-state index in [-0.39, 0.29) is 17.1 Å². The maximum atomic E-state index is 13.5. The number of carbonyl (C=O) groups is 1. The molecule has 2 N–H and O–H groups in total. The van der Waals surface area contributed by atoms with E-state index in [0.717, 1.165) is 39.4 Å². The van der Waals surface area contributed by atoms with Crippen molar-refractivity contribution in [2.75, 3.05) is 4.90 Å². The molecule has 1 atom stereocenters. The number of benzene rings is 1. The third-order valence-corrected chi connectivity index (χ3v) is 7.01. The quantitative estimate of drug-likeness (QED) is 0.689. The van der Waals surface area contributed by atoms with Crippen molar-refractivity contribution in [3.05, 3.63) is 73.9 Å². The molecule has 1 aromatic carbocycles. The van der Waals surface area contributed by atoms with Crippen LogP contribution in [0.4, 0.5) is 5.69 Å². The number of allylic oxidation sites excluding steroid dienone is 3. The molecule has 2 aromatic rings. The number of ketones is 1. The summed E-state index contributed by atoms with van der Waals surface area (Å²) in [4.78, 5) is 17.8. The summed E-state index contributed by atoms with van der Waals surface area (Å²) < 4.78 is 0. The van der Waals surface area contributed by atoms with Crippen molar-refractivity contribution in [3.63, 3.8) is 0 Å². The molecule has 4 nitrogen and oxygen atoms in total. The number of nitrogens with two attached hydrogens (primary N) is 1. The summed E-state index contributed by atoms with van der Waals surface area (Å²) in [6.07, 6.45) is 1.21. The lowest BCUT2D eigenvalue weighted by atomic mass is 9.68. The van der Waals surface area contributed by atoms with Gasteiger partial charge in [0, 0.05) is 33.1 Å². The molecule has 0 bridgehead atoms. The Morgan fingerprint density at radius 1 is 1.20 bits per heavy atom. The highest BCUT2D eigenvalue weighted by atomic mass is 32.1. The summed E-state index contributed by atoms with van der Waals surface area (Å²) in [7, 11) is 0. The number of nitrogens with zero attached hydrogens (tertiary/aromatic N) is 2. The maximum Gasteiger partial charge on any atom is 0.162 e. The summed E-state index contributed by atoms with van der Waals surface area (Å²) in [6.45, 7) is 10.4. The van der Waals surface area contributed by atoms with E-state index < -0.39 is 0 Å². The average Bonchev–Trinajstić information content (AvgIpc) is 2.97. The first-order valence-corrected chi connectivity index (χ1v) is 11.0. The van der Waals surface area contributed by atoms with Crippen LogP contribution in [0, 0.1) is 37.5 Å². The fraction of sp³-hybridized carbons (Fsp3) is 0.360. The number of Topliss-reactive ketones (excluding diaryl/α,β-unsaturated/α-hetero) is 1. The van der Waals surface area contributed by atoms with Crippen LogP contribution in [0.5, 0.6) is 0 Å². The van der Waals surface area contributed by atoms with Gasteiger partial charge in [-0.25, -0.2) is 0 Å². The Balaban J connectivity index is 2.03. The van der Waals surface area contributed by atoms with Crippen molar-refractivity contribution < 1.29 is 4.79 Å². The monoisotopic (exact) mass is 417 g/mol. The molecule has 1 aromatic heterocycles. The van der Waals surface area contributed by atoms with E-state index in [4.69, 9.17) is 5.73 Å². The van der Waals surface area contributed by atoms with Crippen LogP contribution in [0.3, 0.4) is 0 Å². The Labute approximate surface area is 182 Å². The van der Waals surface area contributed by atoms with Crippen LogP contribution in [-0.2, 0) is 4.79 Å². The number of carbonyl (C=O) groups excluding carboxylic acids is 1. The Hall–Kier alpha value is -2.84. The third-order valence-electron chi connectivity index (χ3n) is 6.03. The molecule has 0 fully saturated rings. The first kappa shape index (κ1) is 20.4. The number of hydrogen-bond acceptors (Lipinski definition) is 5. The minimum atomic E-state index is -0.389. The number of nitriles is 1. The number of rotatable bonds is 2. The van der Waals surface area contributed by atoms with Crippen molar-refractivity contribution in [2.45, 2.75) is 53.4 Å². The molecular formula is C25H27N3OS. The van der Waals surface area contributed by atoms with E-state index in [1.165, 1.54) is 4.88 Å².